The van der Waals surface area contributed by atoms with Crippen LogP contribution in [0.15, 0.2) is 66.7 Å². The van der Waals surface area contributed by atoms with E-state index < -0.39 is 18.0 Å². The maximum absolute atomic E-state index is 12.6. The predicted molar refractivity (Wildman–Crippen MR) is 121 cm³/mol. The number of carbonyl (C=O) groups is 2. The summed E-state index contributed by atoms with van der Waals surface area (Å²) in [7, 11) is 0. The van der Waals surface area contributed by atoms with Gasteiger partial charge in [0.05, 0.1) is 27.3 Å². The van der Waals surface area contributed by atoms with E-state index in [4.69, 9.17) is 27.9 Å². The number of hydrogen-bond donors (Lipinski definition) is 2. The molecule has 4 aromatic rings. The van der Waals surface area contributed by atoms with Crippen LogP contribution in [-0.4, -0.2) is 27.9 Å². The van der Waals surface area contributed by atoms with Crippen molar-refractivity contribution < 1.29 is 14.3 Å². The summed E-state index contributed by atoms with van der Waals surface area (Å²) in [6, 6.07) is 19.4. The Morgan fingerprint density at radius 2 is 1.81 bits per heavy atom. The van der Waals surface area contributed by atoms with Crippen molar-refractivity contribution in [2.45, 2.75) is 13.0 Å². The van der Waals surface area contributed by atoms with Gasteiger partial charge in [0.2, 0.25) is 0 Å². The Morgan fingerprint density at radius 1 is 1.03 bits per heavy atom. The number of rotatable bonds is 5. The average molecular weight is 454 g/mol. The number of fused-ring (bicyclic) bond motifs is 1. The predicted octanol–water partition coefficient (Wildman–Crippen LogP) is 5.72. The fraction of sp³-hybridized carbons (Fsp3) is 0.0870. The van der Waals surface area contributed by atoms with E-state index in [1.807, 2.05) is 30.3 Å². The topological polar surface area (TPSA) is 84.1 Å². The van der Waals surface area contributed by atoms with Gasteiger partial charge in [0, 0.05) is 10.6 Å². The number of benzene rings is 3. The molecule has 0 spiro atoms. The number of amides is 1. The molecule has 2 N–H and O–H groups in total. The van der Waals surface area contributed by atoms with Crippen molar-refractivity contribution in [3.63, 3.8) is 0 Å². The molecule has 0 fully saturated rings. The highest BCUT2D eigenvalue weighted by atomic mass is 35.5. The fourth-order valence-electron chi connectivity index (χ4n) is 2.98. The maximum Gasteiger partial charge on any atom is 0.338 e. The molecule has 31 heavy (non-hydrogen) atoms. The standard InChI is InChI=1S/C23H17Cl2N3O3/c1-13(22(29)28-18-10-8-16(24)12-17(18)25)31-23(30)15-7-9-19-20(11-15)27-21(26-19)14-5-3-2-4-6-14/h2-13H,1H3,(H,26,27)(H,28,29). The van der Waals surface area contributed by atoms with Gasteiger partial charge in [-0.15, -0.1) is 0 Å². The Kier molecular flexibility index (Phi) is 5.93. The summed E-state index contributed by atoms with van der Waals surface area (Å²) in [5.41, 5.74) is 3.04. The third kappa shape index (κ3) is 4.71. The largest absolute Gasteiger partial charge is 0.449 e. The van der Waals surface area contributed by atoms with Gasteiger partial charge in [-0.3, -0.25) is 4.79 Å². The molecule has 0 bridgehead atoms. The Labute approximate surface area is 188 Å². The molecule has 8 heteroatoms. The summed E-state index contributed by atoms with van der Waals surface area (Å²) in [4.78, 5) is 32.7. The van der Waals surface area contributed by atoms with Crippen LogP contribution in [0.1, 0.15) is 17.3 Å². The minimum atomic E-state index is -1.03. The molecule has 3 aromatic carbocycles. The van der Waals surface area contributed by atoms with Crippen molar-refractivity contribution in [1.29, 1.82) is 0 Å². The van der Waals surface area contributed by atoms with Crippen LogP contribution in [0, 0.1) is 0 Å². The Hall–Kier alpha value is -3.35. The van der Waals surface area contributed by atoms with Gasteiger partial charge in [-0.2, -0.15) is 0 Å². The molecule has 1 aromatic heterocycles. The summed E-state index contributed by atoms with van der Waals surface area (Å²) in [5.74, 6) is -0.428. The minimum absolute atomic E-state index is 0.290. The highest BCUT2D eigenvalue weighted by Crippen LogP contribution is 2.26. The monoisotopic (exact) mass is 453 g/mol. The zero-order valence-corrected chi connectivity index (χ0v) is 17.9. The van der Waals surface area contributed by atoms with Crippen LogP contribution >= 0.6 is 23.2 Å². The third-order valence-corrected chi connectivity index (χ3v) is 5.15. The fourth-order valence-corrected chi connectivity index (χ4v) is 3.43. The maximum atomic E-state index is 12.6. The first kappa shape index (κ1) is 20.9. The number of anilines is 1. The van der Waals surface area contributed by atoms with E-state index in [1.165, 1.54) is 13.0 Å². The molecule has 1 amide bonds. The quantitative estimate of drug-likeness (QED) is 0.378. The molecular weight excluding hydrogens is 437 g/mol. The number of esters is 1. The summed E-state index contributed by atoms with van der Waals surface area (Å²) in [6.45, 7) is 1.49. The normalized spacial score (nSPS) is 11.8. The van der Waals surface area contributed by atoms with Crippen molar-refractivity contribution in [3.05, 3.63) is 82.3 Å². The number of hydrogen-bond acceptors (Lipinski definition) is 4. The van der Waals surface area contributed by atoms with Gasteiger partial charge < -0.3 is 15.0 Å². The molecule has 0 aliphatic rings. The third-order valence-electron chi connectivity index (χ3n) is 4.61. The number of carbonyl (C=O) groups excluding carboxylic acids is 2. The van der Waals surface area contributed by atoms with Crippen LogP contribution in [-0.2, 0) is 9.53 Å². The molecule has 0 aliphatic heterocycles. The van der Waals surface area contributed by atoms with Crippen LogP contribution in [0.3, 0.4) is 0 Å². The highest BCUT2D eigenvalue weighted by Gasteiger charge is 2.20. The van der Waals surface area contributed by atoms with E-state index in [9.17, 15) is 9.59 Å². The summed E-state index contributed by atoms with van der Waals surface area (Å²) < 4.78 is 5.32. The van der Waals surface area contributed by atoms with Crippen molar-refractivity contribution in [1.82, 2.24) is 9.97 Å². The van der Waals surface area contributed by atoms with Gasteiger partial charge >= 0.3 is 5.97 Å². The second-order valence-electron chi connectivity index (χ2n) is 6.84. The average Bonchev–Trinajstić information content (AvgIpc) is 3.19. The Balaban J connectivity index is 1.46. The number of imidazole rings is 1. The molecular formula is C23H17Cl2N3O3. The molecule has 0 radical (unpaired) electrons. The number of nitrogens with zero attached hydrogens (tertiary/aromatic N) is 1. The van der Waals surface area contributed by atoms with Gasteiger partial charge in [0.1, 0.15) is 5.82 Å². The summed E-state index contributed by atoms with van der Waals surface area (Å²) in [6.07, 6.45) is -1.03. The van der Waals surface area contributed by atoms with E-state index in [0.29, 0.717) is 32.6 Å². The second kappa shape index (κ2) is 8.79. The molecule has 156 valence electrons. The number of aromatic nitrogens is 2. The van der Waals surface area contributed by atoms with Crippen molar-refractivity contribution in [3.8, 4) is 11.4 Å². The number of nitrogens with one attached hydrogen (secondary N) is 2. The molecule has 0 saturated heterocycles. The lowest BCUT2D eigenvalue weighted by Crippen LogP contribution is -2.30. The van der Waals surface area contributed by atoms with Crippen molar-refractivity contribution in [2.24, 2.45) is 0 Å². The van der Waals surface area contributed by atoms with E-state index >= 15 is 0 Å². The second-order valence-corrected chi connectivity index (χ2v) is 7.69. The van der Waals surface area contributed by atoms with Gasteiger partial charge in [-0.1, -0.05) is 53.5 Å². The van der Waals surface area contributed by atoms with Crippen molar-refractivity contribution >= 4 is 51.8 Å². The first-order chi connectivity index (χ1) is 14.9. The number of H-pyrrole nitrogens is 1. The summed E-state index contributed by atoms with van der Waals surface area (Å²) in [5, 5.41) is 3.36. The van der Waals surface area contributed by atoms with Crippen LogP contribution < -0.4 is 5.32 Å². The van der Waals surface area contributed by atoms with Crippen LogP contribution in [0.25, 0.3) is 22.4 Å². The summed E-state index contributed by atoms with van der Waals surface area (Å²) >= 11 is 11.9. The molecule has 1 heterocycles. The molecule has 0 saturated carbocycles. The number of ether oxygens (including phenoxy) is 1. The van der Waals surface area contributed by atoms with Crippen LogP contribution in [0.2, 0.25) is 10.0 Å². The number of aromatic amines is 1. The van der Waals surface area contributed by atoms with Crippen LogP contribution in [0.4, 0.5) is 5.69 Å². The van der Waals surface area contributed by atoms with Gasteiger partial charge in [-0.25, -0.2) is 9.78 Å². The lowest BCUT2D eigenvalue weighted by atomic mass is 10.2. The lowest BCUT2D eigenvalue weighted by molar-refractivity contribution is -0.123. The lowest BCUT2D eigenvalue weighted by Gasteiger charge is -2.14. The first-order valence-corrected chi connectivity index (χ1v) is 10.2. The molecule has 6 nitrogen and oxygen atoms in total. The SMILES string of the molecule is CC(OC(=O)c1ccc2nc(-c3ccccc3)[nH]c2c1)C(=O)Nc1ccc(Cl)cc1Cl. The Bertz CT molecular complexity index is 1270. The van der Waals surface area contributed by atoms with E-state index in [0.717, 1.165) is 11.1 Å². The zero-order valence-electron chi connectivity index (χ0n) is 16.4. The molecule has 0 aliphatic carbocycles. The Morgan fingerprint density at radius 3 is 2.55 bits per heavy atom. The zero-order chi connectivity index (χ0) is 22.0. The molecule has 1 atom stereocenters. The molecule has 4 rings (SSSR count). The van der Waals surface area contributed by atoms with Gasteiger partial charge in [-0.05, 0) is 43.3 Å². The first-order valence-electron chi connectivity index (χ1n) is 9.43. The number of halogens is 2. The molecule has 1 unspecified atom stereocenters. The highest BCUT2D eigenvalue weighted by molar-refractivity contribution is 6.36. The van der Waals surface area contributed by atoms with Crippen molar-refractivity contribution in [2.75, 3.05) is 5.32 Å². The van der Waals surface area contributed by atoms with Gasteiger partial charge in [0.15, 0.2) is 6.10 Å². The van der Waals surface area contributed by atoms with E-state index in [2.05, 4.69) is 15.3 Å². The smallest absolute Gasteiger partial charge is 0.338 e. The van der Waals surface area contributed by atoms with Gasteiger partial charge in [0.25, 0.3) is 5.91 Å². The minimum Gasteiger partial charge on any atom is -0.449 e. The van der Waals surface area contributed by atoms with E-state index in [1.54, 1.807) is 30.3 Å². The van der Waals surface area contributed by atoms with E-state index in [-0.39, 0.29) is 0 Å². The van der Waals surface area contributed by atoms with Crippen LogP contribution in [0.5, 0.6) is 0 Å².